The van der Waals surface area contributed by atoms with Crippen LogP contribution in [0.2, 0.25) is 0 Å². The highest BCUT2D eigenvalue weighted by Crippen LogP contribution is 2.30. The first-order valence-electron chi connectivity index (χ1n) is 11.5. The summed E-state index contributed by atoms with van der Waals surface area (Å²) in [7, 11) is 0. The van der Waals surface area contributed by atoms with Crippen molar-refractivity contribution in [2.75, 3.05) is 5.75 Å². The summed E-state index contributed by atoms with van der Waals surface area (Å²) in [5.74, 6) is -0.691. The number of nitrogens with zero attached hydrogens (tertiary/aromatic N) is 1. The highest BCUT2D eigenvalue weighted by molar-refractivity contribution is 7.80. The van der Waals surface area contributed by atoms with Gasteiger partial charge in [-0.15, -0.1) is 0 Å². The van der Waals surface area contributed by atoms with Crippen molar-refractivity contribution in [2.24, 2.45) is 0 Å². The summed E-state index contributed by atoms with van der Waals surface area (Å²) < 4.78 is 5.31. The van der Waals surface area contributed by atoms with E-state index in [-0.39, 0.29) is 23.5 Å². The van der Waals surface area contributed by atoms with Gasteiger partial charge in [-0.05, 0) is 85.1 Å². The number of amides is 3. The number of nitrogens with one attached hydrogen (secondary N) is 2. The molecule has 0 saturated carbocycles. The lowest BCUT2D eigenvalue weighted by atomic mass is 9.97. The van der Waals surface area contributed by atoms with E-state index < -0.39 is 35.2 Å². The zero-order valence-corrected chi connectivity index (χ0v) is 22.7. The summed E-state index contributed by atoms with van der Waals surface area (Å²) in [4.78, 5) is 41.2. The van der Waals surface area contributed by atoms with Gasteiger partial charge < -0.3 is 25.4 Å². The molecule has 0 fully saturated rings. The lowest BCUT2D eigenvalue weighted by Crippen LogP contribution is -2.57. The quantitative estimate of drug-likeness (QED) is 0.406. The lowest BCUT2D eigenvalue weighted by Gasteiger charge is -2.39. The second kappa shape index (κ2) is 11.8. The first-order valence-corrected chi connectivity index (χ1v) is 12.2. The SMILES string of the molecule is CCC(C)N(C(=O)C(CS)NC(=O)OC(C)(C)C)C(C(=O)NC(C)(C)C)c1ccc(O)c(C)c1. The Bertz CT molecular complexity index is 876. The van der Waals surface area contributed by atoms with E-state index in [1.807, 2.05) is 34.6 Å². The summed E-state index contributed by atoms with van der Waals surface area (Å²) in [5, 5.41) is 15.6. The van der Waals surface area contributed by atoms with Crippen molar-refractivity contribution in [2.45, 2.75) is 98.0 Å². The minimum absolute atomic E-state index is 0.0211. The number of phenols is 1. The van der Waals surface area contributed by atoms with E-state index in [9.17, 15) is 19.5 Å². The molecule has 0 aliphatic rings. The van der Waals surface area contributed by atoms with Crippen LogP contribution in [-0.2, 0) is 14.3 Å². The van der Waals surface area contributed by atoms with Crippen molar-refractivity contribution in [1.29, 1.82) is 0 Å². The fraction of sp³-hybridized carbons (Fsp3) is 0.640. The van der Waals surface area contributed by atoms with E-state index >= 15 is 0 Å². The monoisotopic (exact) mass is 495 g/mol. The van der Waals surface area contributed by atoms with E-state index in [2.05, 4.69) is 23.3 Å². The molecule has 0 saturated heterocycles. The third kappa shape index (κ3) is 8.74. The Balaban J connectivity index is 3.52. The van der Waals surface area contributed by atoms with E-state index in [1.165, 1.54) is 11.0 Å². The number of ether oxygens (including phenoxy) is 1. The minimum atomic E-state index is -1.00. The highest BCUT2D eigenvalue weighted by Gasteiger charge is 2.39. The Morgan fingerprint density at radius 1 is 1.15 bits per heavy atom. The van der Waals surface area contributed by atoms with Crippen molar-refractivity contribution in [3.8, 4) is 5.75 Å². The molecule has 1 rings (SSSR count). The molecule has 3 N–H and O–H groups in total. The Hall–Kier alpha value is -2.42. The van der Waals surface area contributed by atoms with E-state index in [0.29, 0.717) is 17.5 Å². The van der Waals surface area contributed by atoms with Crippen LogP contribution in [0.15, 0.2) is 18.2 Å². The van der Waals surface area contributed by atoms with Crippen LogP contribution in [0.25, 0.3) is 0 Å². The number of benzene rings is 1. The second-order valence-electron chi connectivity index (χ2n) is 10.6. The molecule has 0 spiro atoms. The normalized spacial score (nSPS) is 14.5. The van der Waals surface area contributed by atoms with Crippen molar-refractivity contribution in [3.63, 3.8) is 0 Å². The van der Waals surface area contributed by atoms with Crippen molar-refractivity contribution < 1.29 is 24.2 Å². The maximum atomic E-state index is 13.8. The number of thiol groups is 1. The summed E-state index contributed by atoms with van der Waals surface area (Å²) in [6.07, 6.45) is -0.159. The topological polar surface area (TPSA) is 108 Å². The number of phenolic OH excluding ortho intramolecular Hbond substituents is 1. The molecule has 192 valence electrons. The molecule has 3 amide bonds. The van der Waals surface area contributed by atoms with Gasteiger partial charge in [0.2, 0.25) is 11.8 Å². The van der Waals surface area contributed by atoms with E-state index in [1.54, 1.807) is 39.8 Å². The molecule has 1 aromatic rings. The van der Waals surface area contributed by atoms with Crippen LogP contribution in [0.3, 0.4) is 0 Å². The predicted molar refractivity (Wildman–Crippen MR) is 137 cm³/mol. The maximum absolute atomic E-state index is 13.8. The smallest absolute Gasteiger partial charge is 0.408 e. The van der Waals surface area contributed by atoms with Crippen LogP contribution >= 0.6 is 12.6 Å². The van der Waals surface area contributed by atoms with Gasteiger partial charge in [-0.2, -0.15) is 12.6 Å². The second-order valence-corrected chi connectivity index (χ2v) is 10.9. The molecule has 0 aliphatic heterocycles. The molecule has 0 radical (unpaired) electrons. The number of hydrogen-bond donors (Lipinski definition) is 4. The van der Waals surface area contributed by atoms with Crippen LogP contribution in [0, 0.1) is 6.92 Å². The fourth-order valence-electron chi connectivity index (χ4n) is 3.34. The third-order valence-electron chi connectivity index (χ3n) is 5.05. The number of hydrogen-bond acceptors (Lipinski definition) is 6. The van der Waals surface area contributed by atoms with Crippen molar-refractivity contribution in [3.05, 3.63) is 29.3 Å². The number of rotatable bonds is 8. The lowest BCUT2D eigenvalue weighted by molar-refractivity contribution is -0.145. The number of aromatic hydroxyl groups is 1. The summed E-state index contributed by atoms with van der Waals surface area (Å²) in [6, 6.07) is 2.52. The van der Waals surface area contributed by atoms with Gasteiger partial charge in [0.05, 0.1) is 0 Å². The molecule has 0 aliphatic carbocycles. The van der Waals surface area contributed by atoms with E-state index in [0.717, 1.165) is 0 Å². The number of alkyl carbamates (subject to hydrolysis) is 1. The van der Waals surface area contributed by atoms with Gasteiger partial charge in [0, 0.05) is 17.3 Å². The number of carbonyl (C=O) groups excluding carboxylic acids is 3. The third-order valence-corrected chi connectivity index (χ3v) is 5.42. The van der Waals surface area contributed by atoms with Crippen LogP contribution in [0.1, 0.15) is 79.0 Å². The Morgan fingerprint density at radius 3 is 2.18 bits per heavy atom. The molecule has 1 aromatic carbocycles. The molecule has 0 heterocycles. The first-order chi connectivity index (χ1) is 15.5. The van der Waals surface area contributed by atoms with Gasteiger partial charge >= 0.3 is 6.09 Å². The van der Waals surface area contributed by atoms with E-state index in [4.69, 9.17) is 4.74 Å². The van der Waals surface area contributed by atoms with Crippen LogP contribution in [-0.4, -0.2) is 56.9 Å². The molecule has 0 bridgehead atoms. The highest BCUT2D eigenvalue weighted by atomic mass is 32.1. The average molecular weight is 496 g/mol. The molecule has 3 unspecified atom stereocenters. The minimum Gasteiger partial charge on any atom is -0.508 e. The van der Waals surface area contributed by atoms with Crippen molar-refractivity contribution in [1.82, 2.24) is 15.5 Å². The molecule has 9 heteroatoms. The standard InChI is InChI=1S/C25H41N3O5S/c1-10-16(3)28(22(31)18(14-34)26-23(32)33-25(7,8)9)20(21(30)27-24(4,5)6)17-11-12-19(29)15(2)13-17/h11-13,16,18,20,29,34H,10,14H2,1-9H3,(H,26,32)(H,27,30). The summed E-state index contributed by atoms with van der Waals surface area (Å²) in [5.41, 5.74) is -0.131. The van der Waals surface area contributed by atoms with Gasteiger partial charge in [0.1, 0.15) is 23.4 Å². The largest absolute Gasteiger partial charge is 0.508 e. The molecule has 0 aromatic heterocycles. The Labute approximate surface area is 209 Å². The molecule has 8 nitrogen and oxygen atoms in total. The van der Waals surface area contributed by atoms with Crippen LogP contribution in [0.4, 0.5) is 4.79 Å². The number of aryl methyl sites for hydroxylation is 1. The van der Waals surface area contributed by atoms with Gasteiger partial charge in [-0.3, -0.25) is 9.59 Å². The summed E-state index contributed by atoms with van der Waals surface area (Å²) >= 11 is 4.29. The van der Waals surface area contributed by atoms with Gasteiger partial charge in [0.15, 0.2) is 0 Å². The molecule has 34 heavy (non-hydrogen) atoms. The molecular weight excluding hydrogens is 454 g/mol. The predicted octanol–water partition coefficient (Wildman–Crippen LogP) is 4.11. The zero-order chi connectivity index (χ0) is 26.4. The van der Waals surface area contributed by atoms with Gasteiger partial charge in [-0.1, -0.05) is 13.0 Å². The molecular formula is C25H41N3O5S. The van der Waals surface area contributed by atoms with Gasteiger partial charge in [-0.25, -0.2) is 4.79 Å². The molecule has 3 atom stereocenters. The average Bonchev–Trinajstić information content (AvgIpc) is 2.68. The number of carbonyl (C=O) groups is 3. The van der Waals surface area contributed by atoms with Crippen LogP contribution < -0.4 is 10.6 Å². The summed E-state index contributed by atoms with van der Waals surface area (Å²) in [6.45, 7) is 16.3. The van der Waals surface area contributed by atoms with Crippen molar-refractivity contribution >= 4 is 30.5 Å². The first kappa shape index (κ1) is 29.6. The van der Waals surface area contributed by atoms with Gasteiger partial charge in [0.25, 0.3) is 0 Å². The van der Waals surface area contributed by atoms with Crippen LogP contribution in [0.5, 0.6) is 5.75 Å². The Morgan fingerprint density at radius 2 is 1.74 bits per heavy atom. The Kier molecular flexibility index (Phi) is 10.3. The fourth-order valence-corrected chi connectivity index (χ4v) is 3.58. The zero-order valence-electron chi connectivity index (χ0n) is 21.9. The maximum Gasteiger partial charge on any atom is 0.408 e.